The Kier molecular flexibility index (Phi) is 5.15. The summed E-state index contributed by atoms with van der Waals surface area (Å²) in [6.07, 6.45) is 5.51. The van der Waals surface area contributed by atoms with E-state index in [1.807, 2.05) is 30.9 Å². The highest BCUT2D eigenvalue weighted by atomic mass is 35.5. The van der Waals surface area contributed by atoms with Gasteiger partial charge in [0.2, 0.25) is 0 Å². The molecule has 2 rings (SSSR count). The molecule has 0 amide bonds. The maximum absolute atomic E-state index is 6.34. The molecule has 2 aromatic heterocycles. The molecule has 0 aliphatic rings. The number of aryl methyl sites for hydroxylation is 2. The molecule has 1 unspecified atom stereocenters. The number of likely N-dealkylation sites (N-methyl/N-ethyl adjacent to an activating group) is 1. The fourth-order valence-corrected chi connectivity index (χ4v) is 2.68. The second-order valence-electron chi connectivity index (χ2n) is 4.99. The van der Waals surface area contributed by atoms with Crippen LogP contribution in [0.15, 0.2) is 24.5 Å². The minimum absolute atomic E-state index is 0.330. The van der Waals surface area contributed by atoms with Gasteiger partial charge in [-0.05, 0) is 31.5 Å². The summed E-state index contributed by atoms with van der Waals surface area (Å²) in [5, 5.41) is 8.67. The van der Waals surface area contributed by atoms with Crippen LogP contribution in [0.3, 0.4) is 0 Å². The van der Waals surface area contributed by atoms with Gasteiger partial charge in [-0.2, -0.15) is 5.10 Å². The Bertz CT molecular complexity index is 551. The molecule has 0 aliphatic heterocycles. The van der Waals surface area contributed by atoms with Crippen molar-refractivity contribution in [1.29, 1.82) is 0 Å². The summed E-state index contributed by atoms with van der Waals surface area (Å²) in [5.41, 5.74) is 3.20. The van der Waals surface area contributed by atoms with E-state index in [1.54, 1.807) is 6.20 Å². The van der Waals surface area contributed by atoms with Crippen LogP contribution in [0.5, 0.6) is 0 Å². The van der Waals surface area contributed by atoms with Crippen molar-refractivity contribution in [2.45, 2.75) is 32.7 Å². The Labute approximate surface area is 125 Å². The summed E-state index contributed by atoms with van der Waals surface area (Å²) >= 11 is 6.34. The van der Waals surface area contributed by atoms with E-state index in [9.17, 15) is 0 Å². The van der Waals surface area contributed by atoms with Gasteiger partial charge in [-0.1, -0.05) is 24.6 Å². The van der Waals surface area contributed by atoms with E-state index < -0.39 is 0 Å². The molecule has 2 heterocycles. The Morgan fingerprint density at radius 3 is 2.75 bits per heavy atom. The van der Waals surface area contributed by atoms with Gasteiger partial charge in [-0.3, -0.25) is 9.67 Å². The lowest BCUT2D eigenvalue weighted by atomic mass is 10.0. The topological polar surface area (TPSA) is 42.7 Å². The van der Waals surface area contributed by atoms with E-state index >= 15 is 0 Å². The first-order chi connectivity index (χ1) is 9.61. The van der Waals surface area contributed by atoms with Crippen molar-refractivity contribution in [2.24, 2.45) is 7.05 Å². The molecular formula is C15H21ClN4. The van der Waals surface area contributed by atoms with Crippen molar-refractivity contribution in [3.05, 3.63) is 46.5 Å². The second kappa shape index (κ2) is 6.86. The lowest BCUT2D eigenvalue weighted by molar-refractivity contribution is 0.504. The van der Waals surface area contributed by atoms with Gasteiger partial charge in [0, 0.05) is 31.9 Å². The Morgan fingerprint density at radius 2 is 2.20 bits per heavy atom. The first kappa shape index (κ1) is 15.0. The molecule has 20 heavy (non-hydrogen) atoms. The normalized spacial score (nSPS) is 12.6. The van der Waals surface area contributed by atoms with Crippen molar-refractivity contribution in [3.8, 4) is 0 Å². The fourth-order valence-electron chi connectivity index (χ4n) is 2.44. The van der Waals surface area contributed by atoms with Gasteiger partial charge in [-0.15, -0.1) is 0 Å². The van der Waals surface area contributed by atoms with Gasteiger partial charge in [-0.25, -0.2) is 0 Å². The van der Waals surface area contributed by atoms with Crippen LogP contribution in [-0.2, 0) is 19.9 Å². The molecule has 0 spiro atoms. The maximum Gasteiger partial charge on any atom is 0.0847 e. The molecule has 1 atom stereocenters. The highest BCUT2D eigenvalue weighted by molar-refractivity contribution is 6.31. The van der Waals surface area contributed by atoms with Crippen molar-refractivity contribution >= 4 is 11.6 Å². The van der Waals surface area contributed by atoms with Gasteiger partial charge < -0.3 is 5.32 Å². The van der Waals surface area contributed by atoms with Crippen LogP contribution in [-0.4, -0.2) is 27.4 Å². The zero-order valence-electron chi connectivity index (χ0n) is 12.2. The molecule has 0 saturated heterocycles. The lowest BCUT2D eigenvalue weighted by Gasteiger charge is -2.18. The number of aromatic nitrogens is 3. The average Bonchev–Trinajstić information content (AvgIpc) is 2.67. The summed E-state index contributed by atoms with van der Waals surface area (Å²) < 4.78 is 1.88. The lowest BCUT2D eigenvalue weighted by Crippen LogP contribution is -2.33. The first-order valence-corrected chi connectivity index (χ1v) is 7.29. The molecule has 0 aromatic carbocycles. The van der Waals surface area contributed by atoms with E-state index in [2.05, 4.69) is 28.4 Å². The largest absolute Gasteiger partial charge is 0.314 e. The third-order valence-corrected chi connectivity index (χ3v) is 3.89. The van der Waals surface area contributed by atoms with E-state index in [0.29, 0.717) is 6.04 Å². The summed E-state index contributed by atoms with van der Waals surface area (Å²) in [5.74, 6) is 0. The smallest absolute Gasteiger partial charge is 0.0847 e. The van der Waals surface area contributed by atoms with Gasteiger partial charge in [0.25, 0.3) is 0 Å². The Hall–Kier alpha value is -1.39. The van der Waals surface area contributed by atoms with Crippen molar-refractivity contribution in [3.63, 3.8) is 0 Å². The number of pyridine rings is 1. The zero-order valence-corrected chi connectivity index (χ0v) is 13.0. The van der Waals surface area contributed by atoms with Crippen LogP contribution in [0, 0.1) is 6.92 Å². The Balaban J connectivity index is 2.13. The molecule has 0 saturated carbocycles. The van der Waals surface area contributed by atoms with Crippen molar-refractivity contribution in [1.82, 2.24) is 20.1 Å². The minimum atomic E-state index is 0.330. The molecule has 108 valence electrons. The van der Waals surface area contributed by atoms with Gasteiger partial charge in [0.1, 0.15) is 0 Å². The second-order valence-corrected chi connectivity index (χ2v) is 5.37. The van der Waals surface area contributed by atoms with Crippen molar-refractivity contribution < 1.29 is 0 Å². The average molecular weight is 293 g/mol. The van der Waals surface area contributed by atoms with E-state index in [0.717, 1.165) is 35.8 Å². The van der Waals surface area contributed by atoms with Gasteiger partial charge >= 0.3 is 0 Å². The standard InChI is InChI=1S/C15H21ClN4/c1-4-18-13(8-12-6-5-7-17-10-12)9-14-15(16)11(2)19-20(14)3/h5-7,10,13,18H,4,8-9H2,1-3H3. The molecule has 0 radical (unpaired) electrons. The highest BCUT2D eigenvalue weighted by Gasteiger charge is 2.17. The summed E-state index contributed by atoms with van der Waals surface area (Å²) in [6.45, 7) is 4.99. The monoisotopic (exact) mass is 292 g/mol. The summed E-state index contributed by atoms with van der Waals surface area (Å²) in [6, 6.07) is 4.41. The molecule has 5 heteroatoms. The molecule has 1 N–H and O–H groups in total. The van der Waals surface area contributed by atoms with E-state index in [4.69, 9.17) is 11.6 Å². The predicted octanol–water partition coefficient (Wildman–Crippen LogP) is 2.54. The van der Waals surface area contributed by atoms with Crippen LogP contribution >= 0.6 is 11.6 Å². The van der Waals surface area contributed by atoms with Gasteiger partial charge in [0.05, 0.1) is 16.4 Å². The summed E-state index contributed by atoms with van der Waals surface area (Å²) in [4.78, 5) is 4.17. The van der Waals surface area contributed by atoms with Crippen LogP contribution in [0.25, 0.3) is 0 Å². The number of hydrogen-bond acceptors (Lipinski definition) is 3. The molecule has 4 nitrogen and oxygen atoms in total. The van der Waals surface area contributed by atoms with Crippen LogP contribution in [0.4, 0.5) is 0 Å². The number of nitrogens with zero attached hydrogens (tertiary/aromatic N) is 3. The molecular weight excluding hydrogens is 272 g/mol. The zero-order chi connectivity index (χ0) is 14.5. The SMILES string of the molecule is CCNC(Cc1cccnc1)Cc1c(Cl)c(C)nn1C. The highest BCUT2D eigenvalue weighted by Crippen LogP contribution is 2.21. The van der Waals surface area contributed by atoms with Crippen LogP contribution in [0.2, 0.25) is 5.02 Å². The Morgan fingerprint density at radius 1 is 1.40 bits per heavy atom. The molecule has 0 aliphatic carbocycles. The third kappa shape index (κ3) is 3.58. The fraction of sp³-hybridized carbons (Fsp3) is 0.467. The number of halogens is 1. The van der Waals surface area contributed by atoms with Crippen LogP contribution in [0.1, 0.15) is 23.9 Å². The number of hydrogen-bond donors (Lipinski definition) is 1. The number of rotatable bonds is 6. The molecule has 0 fully saturated rings. The predicted molar refractivity (Wildman–Crippen MR) is 82.1 cm³/mol. The summed E-state index contributed by atoms with van der Waals surface area (Å²) in [7, 11) is 1.95. The van der Waals surface area contributed by atoms with Crippen molar-refractivity contribution in [2.75, 3.05) is 6.54 Å². The van der Waals surface area contributed by atoms with Gasteiger partial charge in [0.15, 0.2) is 0 Å². The third-order valence-electron chi connectivity index (χ3n) is 3.40. The molecule has 0 bridgehead atoms. The van der Waals surface area contributed by atoms with E-state index in [1.165, 1.54) is 5.56 Å². The first-order valence-electron chi connectivity index (χ1n) is 6.92. The number of nitrogens with one attached hydrogen (secondary N) is 1. The van der Waals surface area contributed by atoms with Crippen LogP contribution < -0.4 is 5.32 Å². The maximum atomic E-state index is 6.34. The molecule has 2 aromatic rings. The minimum Gasteiger partial charge on any atom is -0.314 e. The quantitative estimate of drug-likeness (QED) is 0.890. The van der Waals surface area contributed by atoms with E-state index in [-0.39, 0.29) is 0 Å².